The molecule has 5 rings (SSSR count). The van der Waals surface area contributed by atoms with Crippen LogP contribution in [-0.2, 0) is 4.79 Å². The highest BCUT2D eigenvalue weighted by Crippen LogP contribution is 2.66. The Morgan fingerprint density at radius 2 is 1.86 bits per heavy atom. The summed E-state index contributed by atoms with van der Waals surface area (Å²) < 4.78 is 0.993. The van der Waals surface area contributed by atoms with Crippen molar-refractivity contribution in [3.8, 4) is 0 Å². The van der Waals surface area contributed by atoms with Crippen LogP contribution in [0.5, 0.6) is 0 Å². The third kappa shape index (κ3) is 2.54. The van der Waals surface area contributed by atoms with Gasteiger partial charge in [0, 0.05) is 24.6 Å². The monoisotopic (exact) mass is 377 g/mol. The topological polar surface area (TPSA) is 44.0 Å². The molecule has 0 bridgehead atoms. The van der Waals surface area contributed by atoms with E-state index in [9.17, 15) is 10.0 Å². The van der Waals surface area contributed by atoms with Gasteiger partial charge in [-0.15, -0.1) is 0 Å². The van der Waals surface area contributed by atoms with Gasteiger partial charge in [0.25, 0.3) is 0 Å². The predicted octanol–water partition coefficient (Wildman–Crippen LogP) is 5.24. The van der Waals surface area contributed by atoms with Crippen LogP contribution in [-0.4, -0.2) is 5.78 Å². The first-order valence-electron chi connectivity index (χ1n) is 11.0. The van der Waals surface area contributed by atoms with Gasteiger partial charge < -0.3 is 5.21 Å². The van der Waals surface area contributed by atoms with E-state index < -0.39 is 0 Å². The second kappa shape index (κ2) is 6.30. The Labute approximate surface area is 168 Å². The van der Waals surface area contributed by atoms with Gasteiger partial charge in [-0.1, -0.05) is 25.0 Å². The van der Waals surface area contributed by atoms with E-state index in [1.54, 1.807) is 12.3 Å². The number of carbonyl (C=O) groups excluding carboxylic acids is 1. The minimum atomic E-state index is 0.228. The van der Waals surface area contributed by atoms with E-state index in [4.69, 9.17) is 0 Å². The largest absolute Gasteiger partial charge is 0.618 e. The number of aromatic nitrogens is 1. The Bertz CT molecular complexity index is 884. The van der Waals surface area contributed by atoms with Crippen molar-refractivity contribution in [1.82, 2.24) is 0 Å². The molecule has 3 saturated carbocycles. The van der Waals surface area contributed by atoms with Gasteiger partial charge in [0.15, 0.2) is 12.0 Å². The van der Waals surface area contributed by atoms with Crippen LogP contribution in [0.1, 0.15) is 70.9 Å². The molecule has 0 saturated heterocycles. The summed E-state index contributed by atoms with van der Waals surface area (Å²) in [5.74, 6) is 2.54. The molecule has 0 aromatic carbocycles. The zero-order chi connectivity index (χ0) is 19.5. The fourth-order valence-electron chi connectivity index (χ4n) is 7.38. The van der Waals surface area contributed by atoms with Crippen molar-refractivity contribution in [2.24, 2.45) is 28.6 Å². The lowest BCUT2D eigenvalue weighted by molar-refractivity contribution is -0.607. The Kier molecular flexibility index (Phi) is 4.08. The second-order valence-electron chi connectivity index (χ2n) is 10.1. The van der Waals surface area contributed by atoms with Gasteiger partial charge in [0.2, 0.25) is 5.69 Å². The summed E-state index contributed by atoms with van der Waals surface area (Å²) >= 11 is 0. The van der Waals surface area contributed by atoms with Crippen molar-refractivity contribution in [2.75, 3.05) is 0 Å². The second-order valence-corrected chi connectivity index (χ2v) is 10.1. The summed E-state index contributed by atoms with van der Waals surface area (Å²) in [7, 11) is 0. The molecular weight excluding hydrogens is 346 g/mol. The maximum absolute atomic E-state index is 12.2. The summed E-state index contributed by atoms with van der Waals surface area (Å²) in [6, 6.07) is 5.68. The minimum Gasteiger partial charge on any atom is -0.618 e. The van der Waals surface area contributed by atoms with Crippen molar-refractivity contribution in [2.45, 2.75) is 65.2 Å². The molecule has 0 N–H and O–H groups in total. The zero-order valence-corrected chi connectivity index (χ0v) is 17.1. The highest BCUT2D eigenvalue weighted by Gasteiger charge is 2.57. The van der Waals surface area contributed by atoms with Crippen LogP contribution >= 0.6 is 0 Å². The van der Waals surface area contributed by atoms with Crippen LogP contribution in [0.3, 0.4) is 0 Å². The van der Waals surface area contributed by atoms with Gasteiger partial charge in [0.1, 0.15) is 0 Å². The summed E-state index contributed by atoms with van der Waals surface area (Å²) in [6.07, 6.45) is 14.7. The van der Waals surface area contributed by atoms with E-state index in [-0.39, 0.29) is 10.8 Å². The molecular formula is C25H31NO2. The molecule has 1 aromatic rings. The van der Waals surface area contributed by atoms with Crippen molar-refractivity contribution in [1.29, 1.82) is 0 Å². The predicted molar refractivity (Wildman–Crippen MR) is 110 cm³/mol. The fraction of sp³-hybridized carbons (Fsp3) is 0.600. The van der Waals surface area contributed by atoms with E-state index >= 15 is 0 Å². The number of hydrogen-bond donors (Lipinski definition) is 0. The average molecular weight is 378 g/mol. The molecule has 0 radical (unpaired) electrons. The van der Waals surface area contributed by atoms with Gasteiger partial charge >= 0.3 is 0 Å². The zero-order valence-electron chi connectivity index (χ0n) is 17.1. The molecule has 0 unspecified atom stereocenters. The number of allylic oxidation sites excluding steroid dienone is 2. The Morgan fingerprint density at radius 3 is 2.68 bits per heavy atom. The quantitative estimate of drug-likeness (QED) is 0.496. The van der Waals surface area contributed by atoms with Crippen LogP contribution in [0.2, 0.25) is 0 Å². The molecule has 4 aliphatic rings. The number of carbonyl (C=O) groups is 1. The maximum Gasteiger partial charge on any atom is 0.216 e. The lowest BCUT2D eigenvalue weighted by Crippen LogP contribution is -2.49. The first-order chi connectivity index (χ1) is 13.4. The van der Waals surface area contributed by atoms with Crippen LogP contribution in [0, 0.1) is 33.8 Å². The van der Waals surface area contributed by atoms with Crippen LogP contribution in [0.4, 0.5) is 0 Å². The number of ketones is 1. The Morgan fingerprint density at radius 1 is 1.04 bits per heavy atom. The summed E-state index contributed by atoms with van der Waals surface area (Å²) in [4.78, 5) is 12.0. The molecule has 4 aliphatic carbocycles. The molecule has 3 fully saturated rings. The van der Waals surface area contributed by atoms with Crippen molar-refractivity contribution >= 4 is 11.9 Å². The Hall–Kier alpha value is -1.90. The first-order valence-corrected chi connectivity index (χ1v) is 11.0. The number of nitrogens with zero attached hydrogens (tertiary/aromatic N) is 1. The molecule has 148 valence electrons. The highest BCUT2D eigenvalue weighted by molar-refractivity contribution is 5.91. The molecule has 5 atom stereocenters. The van der Waals surface area contributed by atoms with Gasteiger partial charge in [0.05, 0.1) is 0 Å². The van der Waals surface area contributed by atoms with Crippen LogP contribution in [0.25, 0.3) is 6.08 Å². The molecule has 3 nitrogen and oxygen atoms in total. The van der Waals surface area contributed by atoms with Crippen LogP contribution in [0.15, 0.2) is 41.6 Å². The summed E-state index contributed by atoms with van der Waals surface area (Å²) in [5.41, 5.74) is 4.16. The maximum atomic E-state index is 12.2. The average Bonchev–Trinajstić information content (AvgIpc) is 3.01. The number of hydrogen-bond acceptors (Lipinski definition) is 2. The van der Waals surface area contributed by atoms with Crippen molar-refractivity contribution in [3.05, 3.63) is 52.5 Å². The van der Waals surface area contributed by atoms with E-state index in [1.807, 2.05) is 18.2 Å². The lowest BCUT2D eigenvalue weighted by atomic mass is 9.47. The third-order valence-corrected chi connectivity index (χ3v) is 8.99. The molecule has 3 heteroatoms. The standard InChI is InChI=1S/C25H31NO2/c1-24-12-10-20(27)16-18(24)6-8-21-22-9-7-17(25(22,2)13-11-23(21)24)15-19-5-3-4-14-26(19)28/h3-5,14-16,21-23H,6-13H2,1-2H3/b17-15+/t21-,22-,23-,24-,25+/m0/s1. The van der Waals surface area contributed by atoms with E-state index in [0.29, 0.717) is 5.78 Å². The molecule has 0 spiro atoms. The Balaban J connectivity index is 1.47. The van der Waals surface area contributed by atoms with E-state index in [1.165, 1.54) is 36.8 Å². The summed E-state index contributed by atoms with van der Waals surface area (Å²) in [5, 5.41) is 12.2. The minimum absolute atomic E-state index is 0.228. The molecule has 1 heterocycles. The SMILES string of the molecule is C[C@]12CCC(=O)C=C1CC[C@@H]1[C@@H]2CC[C@]2(C)/C(=C/c3cccc[n+]3[O-])CC[C@@H]12. The molecule has 0 aliphatic heterocycles. The highest BCUT2D eigenvalue weighted by atomic mass is 16.5. The third-order valence-electron chi connectivity index (χ3n) is 8.99. The molecule has 0 amide bonds. The van der Waals surface area contributed by atoms with Gasteiger partial charge in [-0.3, -0.25) is 4.79 Å². The lowest BCUT2D eigenvalue weighted by Gasteiger charge is -2.57. The van der Waals surface area contributed by atoms with Gasteiger partial charge in [-0.25, -0.2) is 0 Å². The summed E-state index contributed by atoms with van der Waals surface area (Å²) in [6.45, 7) is 4.91. The fourth-order valence-corrected chi connectivity index (χ4v) is 7.38. The number of fused-ring (bicyclic) bond motifs is 5. The van der Waals surface area contributed by atoms with Gasteiger partial charge in [-0.2, -0.15) is 4.73 Å². The normalized spacial score (nSPS) is 41.2. The number of pyridine rings is 1. The van der Waals surface area contributed by atoms with E-state index in [0.717, 1.165) is 53.9 Å². The number of rotatable bonds is 1. The first kappa shape index (κ1) is 18.1. The van der Waals surface area contributed by atoms with Gasteiger partial charge in [-0.05, 0) is 85.7 Å². The smallest absolute Gasteiger partial charge is 0.216 e. The van der Waals surface area contributed by atoms with E-state index in [2.05, 4.69) is 19.9 Å². The molecule has 28 heavy (non-hydrogen) atoms. The molecule has 1 aromatic heterocycles. The van der Waals surface area contributed by atoms with Crippen LogP contribution < -0.4 is 4.73 Å². The van der Waals surface area contributed by atoms with Crippen molar-refractivity contribution in [3.63, 3.8) is 0 Å². The van der Waals surface area contributed by atoms with Crippen molar-refractivity contribution < 1.29 is 9.52 Å².